The molecule has 0 aliphatic carbocycles. The molecule has 1 aliphatic heterocycles. The molecule has 1 aromatic carbocycles. The normalized spacial score (nSPS) is 20.9. The van der Waals surface area contributed by atoms with E-state index in [1.807, 2.05) is 0 Å². The fraction of sp³-hybridized carbons (Fsp3) is 0.235. The van der Waals surface area contributed by atoms with Crippen LogP contribution in [0.25, 0.3) is 0 Å². The Morgan fingerprint density at radius 1 is 1.34 bits per heavy atom. The summed E-state index contributed by atoms with van der Waals surface area (Å²) < 4.78 is 40.1. The van der Waals surface area contributed by atoms with Crippen LogP contribution < -0.4 is 11.1 Å². The standard InChI is InChI=1S/C17H16Cl2FN5O3S/c1-17(8-29(27,28)25(2)16(21)24-17)11-5-10(6-12(20)14(11)19)23-15(26)13-4-3-9(18)7-22-13/h3-7H,8H2,1-2H3,(H2,21,24)(H,23,26)/t17-/m0/s1. The van der Waals surface area contributed by atoms with Crippen LogP contribution in [-0.2, 0) is 15.6 Å². The van der Waals surface area contributed by atoms with Gasteiger partial charge in [0.2, 0.25) is 16.0 Å². The van der Waals surface area contributed by atoms with Crippen molar-refractivity contribution in [1.29, 1.82) is 0 Å². The first-order chi connectivity index (χ1) is 13.4. The maximum Gasteiger partial charge on any atom is 0.274 e. The lowest BCUT2D eigenvalue weighted by Crippen LogP contribution is -2.50. The summed E-state index contributed by atoms with van der Waals surface area (Å²) in [7, 11) is -2.52. The number of sulfonamides is 1. The van der Waals surface area contributed by atoms with Crippen molar-refractivity contribution in [2.75, 3.05) is 18.1 Å². The Balaban J connectivity index is 2.02. The minimum atomic E-state index is -3.79. The van der Waals surface area contributed by atoms with Gasteiger partial charge in [-0.15, -0.1) is 0 Å². The van der Waals surface area contributed by atoms with E-state index in [0.717, 1.165) is 10.4 Å². The fourth-order valence-corrected chi connectivity index (χ4v) is 4.72. The van der Waals surface area contributed by atoms with E-state index in [1.54, 1.807) is 0 Å². The highest BCUT2D eigenvalue weighted by atomic mass is 35.5. The summed E-state index contributed by atoms with van der Waals surface area (Å²) in [4.78, 5) is 20.5. The van der Waals surface area contributed by atoms with Crippen LogP contribution in [0.4, 0.5) is 10.1 Å². The number of nitrogens with one attached hydrogen (secondary N) is 1. The first-order valence-corrected chi connectivity index (χ1v) is 10.5. The lowest BCUT2D eigenvalue weighted by atomic mass is 9.93. The average molecular weight is 460 g/mol. The van der Waals surface area contributed by atoms with Crippen molar-refractivity contribution in [2.24, 2.45) is 10.7 Å². The van der Waals surface area contributed by atoms with Gasteiger partial charge in [-0.3, -0.25) is 4.79 Å². The highest BCUT2D eigenvalue weighted by Crippen LogP contribution is 2.38. The molecule has 0 fully saturated rings. The second-order valence-electron chi connectivity index (χ2n) is 6.60. The van der Waals surface area contributed by atoms with Crippen LogP contribution >= 0.6 is 23.2 Å². The lowest BCUT2D eigenvalue weighted by Gasteiger charge is -2.35. The van der Waals surface area contributed by atoms with E-state index < -0.39 is 33.0 Å². The number of aromatic nitrogens is 1. The number of hydrogen-bond acceptors (Lipinski definition) is 6. The van der Waals surface area contributed by atoms with Gasteiger partial charge in [-0.05, 0) is 31.2 Å². The van der Waals surface area contributed by atoms with Crippen LogP contribution in [0.2, 0.25) is 10.0 Å². The zero-order chi connectivity index (χ0) is 21.6. The van der Waals surface area contributed by atoms with Gasteiger partial charge in [0.05, 0.1) is 15.8 Å². The molecule has 1 amide bonds. The molecule has 0 radical (unpaired) electrons. The summed E-state index contributed by atoms with van der Waals surface area (Å²) in [6.07, 6.45) is 1.30. The highest BCUT2D eigenvalue weighted by Gasteiger charge is 2.42. The molecule has 1 aromatic heterocycles. The number of benzene rings is 1. The van der Waals surface area contributed by atoms with Gasteiger partial charge < -0.3 is 11.1 Å². The van der Waals surface area contributed by atoms with Gasteiger partial charge in [0, 0.05) is 24.5 Å². The molecule has 2 heterocycles. The molecule has 1 atom stereocenters. The largest absolute Gasteiger partial charge is 0.369 e. The van der Waals surface area contributed by atoms with Crippen molar-refractivity contribution in [3.63, 3.8) is 0 Å². The van der Waals surface area contributed by atoms with Crippen molar-refractivity contribution < 1.29 is 17.6 Å². The molecule has 2 aromatic rings. The number of anilines is 1. The van der Waals surface area contributed by atoms with Crippen LogP contribution in [-0.4, -0.2) is 42.4 Å². The third-order valence-electron chi connectivity index (χ3n) is 4.39. The summed E-state index contributed by atoms with van der Waals surface area (Å²) >= 11 is 11.9. The smallest absolute Gasteiger partial charge is 0.274 e. The second kappa shape index (κ2) is 7.43. The Bertz CT molecular complexity index is 1120. The second-order valence-corrected chi connectivity index (χ2v) is 9.42. The van der Waals surface area contributed by atoms with Crippen LogP contribution in [0.15, 0.2) is 35.5 Å². The highest BCUT2D eigenvalue weighted by molar-refractivity contribution is 7.89. The Labute approximate surface area is 176 Å². The Morgan fingerprint density at radius 3 is 2.62 bits per heavy atom. The molecule has 1 aliphatic rings. The fourth-order valence-electron chi connectivity index (χ4n) is 2.85. The molecule has 12 heteroatoms. The summed E-state index contributed by atoms with van der Waals surface area (Å²) in [5.41, 5.74) is 4.46. The predicted octanol–water partition coefficient (Wildman–Crippen LogP) is 2.58. The molecule has 3 rings (SSSR count). The Hall–Kier alpha value is -2.43. The number of nitrogens with zero attached hydrogens (tertiary/aromatic N) is 3. The van der Waals surface area contributed by atoms with Crippen LogP contribution in [0.3, 0.4) is 0 Å². The Kier molecular flexibility index (Phi) is 5.46. The molecular weight excluding hydrogens is 444 g/mol. The molecule has 0 saturated carbocycles. The summed E-state index contributed by atoms with van der Waals surface area (Å²) in [5.74, 6) is -2.20. The van der Waals surface area contributed by atoms with Gasteiger partial charge in [0.1, 0.15) is 17.1 Å². The third-order valence-corrected chi connectivity index (χ3v) is 6.95. The maximum atomic E-state index is 14.5. The third kappa shape index (κ3) is 4.14. The summed E-state index contributed by atoms with van der Waals surface area (Å²) in [6.45, 7) is 1.47. The van der Waals surface area contributed by atoms with Crippen molar-refractivity contribution in [1.82, 2.24) is 9.29 Å². The molecule has 8 nitrogen and oxygen atoms in total. The summed E-state index contributed by atoms with van der Waals surface area (Å²) in [5, 5.41) is 2.54. The average Bonchev–Trinajstić information content (AvgIpc) is 2.62. The van der Waals surface area contributed by atoms with Crippen molar-refractivity contribution in [3.8, 4) is 0 Å². The quantitative estimate of drug-likeness (QED) is 0.730. The monoisotopic (exact) mass is 459 g/mol. The van der Waals surface area contributed by atoms with E-state index in [4.69, 9.17) is 28.9 Å². The minimum Gasteiger partial charge on any atom is -0.369 e. The number of amides is 1. The van der Waals surface area contributed by atoms with E-state index in [0.29, 0.717) is 5.02 Å². The number of carbonyl (C=O) groups excluding carboxylic acids is 1. The Morgan fingerprint density at radius 2 is 2.03 bits per heavy atom. The number of aliphatic imine (C=N–C) groups is 1. The number of carbonyl (C=O) groups is 1. The van der Waals surface area contributed by atoms with E-state index in [2.05, 4.69) is 15.3 Å². The van der Waals surface area contributed by atoms with Crippen LogP contribution in [0.1, 0.15) is 23.0 Å². The van der Waals surface area contributed by atoms with Crippen molar-refractivity contribution in [3.05, 3.63) is 57.6 Å². The number of nitrogens with two attached hydrogens (primary N) is 1. The molecule has 3 N–H and O–H groups in total. The zero-order valence-corrected chi connectivity index (χ0v) is 17.6. The van der Waals surface area contributed by atoms with Gasteiger partial charge in [-0.25, -0.2) is 27.1 Å². The molecule has 154 valence electrons. The summed E-state index contributed by atoms with van der Waals surface area (Å²) in [6, 6.07) is 5.26. The van der Waals surface area contributed by atoms with Gasteiger partial charge in [-0.2, -0.15) is 0 Å². The molecule has 0 saturated heterocycles. The number of guanidine groups is 1. The van der Waals surface area contributed by atoms with E-state index in [1.165, 1.54) is 38.4 Å². The van der Waals surface area contributed by atoms with E-state index in [-0.39, 0.29) is 27.9 Å². The molecule has 0 spiro atoms. The first kappa shape index (κ1) is 21.3. The molecule has 0 bridgehead atoms. The SMILES string of the molecule is CN1C(N)=N[C@](C)(c2cc(NC(=O)c3ccc(Cl)cn3)cc(F)c2Cl)CS1(=O)=O. The van der Waals surface area contributed by atoms with E-state index >= 15 is 0 Å². The minimum absolute atomic E-state index is 0.0509. The number of pyridine rings is 1. The van der Waals surface area contributed by atoms with Gasteiger partial charge in [0.25, 0.3) is 5.91 Å². The first-order valence-electron chi connectivity index (χ1n) is 8.17. The van der Waals surface area contributed by atoms with Crippen LogP contribution in [0.5, 0.6) is 0 Å². The number of halogens is 3. The number of hydrogen-bond donors (Lipinski definition) is 2. The van der Waals surface area contributed by atoms with Crippen molar-refractivity contribution in [2.45, 2.75) is 12.5 Å². The molecular formula is C17H16Cl2FN5O3S. The molecule has 0 unspecified atom stereocenters. The topological polar surface area (TPSA) is 118 Å². The maximum absolute atomic E-state index is 14.5. The zero-order valence-electron chi connectivity index (χ0n) is 15.3. The van der Waals surface area contributed by atoms with Gasteiger partial charge in [-0.1, -0.05) is 23.2 Å². The number of rotatable bonds is 3. The van der Waals surface area contributed by atoms with Crippen molar-refractivity contribution >= 4 is 50.8 Å². The molecule has 29 heavy (non-hydrogen) atoms. The van der Waals surface area contributed by atoms with Gasteiger partial charge in [0.15, 0.2) is 0 Å². The van der Waals surface area contributed by atoms with E-state index in [9.17, 15) is 17.6 Å². The predicted molar refractivity (Wildman–Crippen MR) is 109 cm³/mol. The lowest BCUT2D eigenvalue weighted by molar-refractivity contribution is 0.102. The van der Waals surface area contributed by atoms with Crippen LogP contribution in [0, 0.1) is 5.82 Å². The van der Waals surface area contributed by atoms with Gasteiger partial charge >= 0.3 is 0 Å².